The third-order valence-corrected chi connectivity index (χ3v) is 6.14. The lowest BCUT2D eigenvalue weighted by Gasteiger charge is -2.25. The van der Waals surface area contributed by atoms with Crippen molar-refractivity contribution >= 4 is 11.6 Å². The van der Waals surface area contributed by atoms with E-state index in [2.05, 4.69) is 50.7 Å². The minimum absolute atomic E-state index is 0.188. The van der Waals surface area contributed by atoms with Crippen LogP contribution in [0.25, 0.3) is 0 Å². The highest BCUT2D eigenvalue weighted by atomic mass is 16.2. The summed E-state index contributed by atoms with van der Waals surface area (Å²) in [6.07, 6.45) is 1.98. The molecule has 3 aromatic rings. The maximum absolute atomic E-state index is 12.7. The van der Waals surface area contributed by atoms with Crippen molar-refractivity contribution in [1.29, 1.82) is 0 Å². The minimum atomic E-state index is -0.188. The topological polar surface area (TPSA) is 63.1 Å². The predicted molar refractivity (Wildman–Crippen MR) is 112 cm³/mol. The molecule has 29 heavy (non-hydrogen) atoms. The van der Waals surface area contributed by atoms with E-state index >= 15 is 0 Å². The highest BCUT2D eigenvalue weighted by molar-refractivity contribution is 6.01. The zero-order valence-electron chi connectivity index (χ0n) is 16.4. The quantitative estimate of drug-likeness (QED) is 0.731. The van der Waals surface area contributed by atoms with Crippen LogP contribution in [0.4, 0.5) is 5.69 Å². The number of anilines is 1. The van der Waals surface area contributed by atoms with Crippen molar-refractivity contribution < 1.29 is 4.79 Å². The summed E-state index contributed by atoms with van der Waals surface area (Å²) in [6, 6.07) is 20.2. The van der Waals surface area contributed by atoms with Gasteiger partial charge in [0.25, 0.3) is 5.91 Å². The van der Waals surface area contributed by atoms with Crippen LogP contribution in [0.15, 0.2) is 60.7 Å². The standard InChI is InChI=1S/C23H25N5O/c29-23(24-20-9-5-2-6-10-20)22-26-25-21-13-18-14-27(15-19(18)16-28(21)22)12-11-17-7-3-1-4-8-17/h1-10,18-19H,11-16H2,(H,24,29)/t18-,19+/m0/s1. The van der Waals surface area contributed by atoms with Crippen molar-refractivity contribution in [2.75, 3.05) is 25.0 Å². The number of likely N-dealkylation sites (tertiary alicyclic amines) is 1. The molecule has 5 rings (SSSR count). The van der Waals surface area contributed by atoms with Crippen molar-refractivity contribution in [1.82, 2.24) is 19.7 Å². The van der Waals surface area contributed by atoms with E-state index in [0.29, 0.717) is 17.7 Å². The van der Waals surface area contributed by atoms with Crippen molar-refractivity contribution in [3.8, 4) is 0 Å². The Kier molecular flexibility index (Phi) is 4.86. The molecule has 1 amide bonds. The molecular weight excluding hydrogens is 362 g/mol. The smallest absolute Gasteiger partial charge is 0.293 e. The molecule has 0 spiro atoms. The van der Waals surface area contributed by atoms with Crippen molar-refractivity contribution in [2.24, 2.45) is 11.8 Å². The van der Waals surface area contributed by atoms with Crippen LogP contribution in [0.5, 0.6) is 0 Å². The summed E-state index contributed by atoms with van der Waals surface area (Å²) in [6.45, 7) is 4.09. The second-order valence-corrected chi connectivity index (χ2v) is 8.09. The summed E-state index contributed by atoms with van der Waals surface area (Å²) in [5.41, 5.74) is 2.16. The molecule has 2 atom stereocenters. The summed E-state index contributed by atoms with van der Waals surface area (Å²) in [5.74, 6) is 2.33. The normalized spacial score (nSPS) is 20.8. The van der Waals surface area contributed by atoms with E-state index in [1.54, 1.807) is 0 Å². The van der Waals surface area contributed by atoms with Gasteiger partial charge in [-0.3, -0.25) is 4.79 Å². The third kappa shape index (κ3) is 3.80. The van der Waals surface area contributed by atoms with E-state index in [-0.39, 0.29) is 5.91 Å². The lowest BCUT2D eigenvalue weighted by molar-refractivity contribution is 0.100. The molecule has 0 radical (unpaired) electrons. The van der Waals surface area contributed by atoms with Gasteiger partial charge in [-0.1, -0.05) is 48.5 Å². The minimum Gasteiger partial charge on any atom is -0.319 e. The van der Waals surface area contributed by atoms with Crippen LogP contribution in [0.1, 0.15) is 22.0 Å². The number of amides is 1. The number of benzene rings is 2. The first kappa shape index (κ1) is 18.1. The number of carbonyl (C=O) groups is 1. The number of carbonyl (C=O) groups excluding carboxylic acids is 1. The van der Waals surface area contributed by atoms with Crippen molar-refractivity contribution in [2.45, 2.75) is 19.4 Å². The van der Waals surface area contributed by atoms with Gasteiger partial charge >= 0.3 is 0 Å². The number of hydrogen-bond acceptors (Lipinski definition) is 4. The van der Waals surface area contributed by atoms with Crippen LogP contribution >= 0.6 is 0 Å². The number of rotatable bonds is 5. The van der Waals surface area contributed by atoms with E-state index in [1.807, 2.05) is 34.9 Å². The van der Waals surface area contributed by atoms with E-state index in [9.17, 15) is 4.79 Å². The molecule has 2 aliphatic rings. The van der Waals surface area contributed by atoms with Gasteiger partial charge in [-0.15, -0.1) is 10.2 Å². The Hall–Kier alpha value is -2.99. The van der Waals surface area contributed by atoms with Gasteiger partial charge in [0, 0.05) is 38.3 Å². The van der Waals surface area contributed by atoms with E-state index in [0.717, 1.165) is 50.5 Å². The second kappa shape index (κ2) is 7.79. The van der Waals surface area contributed by atoms with Gasteiger partial charge in [-0.2, -0.15) is 0 Å². The fourth-order valence-corrected chi connectivity index (χ4v) is 4.61. The number of aromatic nitrogens is 3. The zero-order valence-corrected chi connectivity index (χ0v) is 16.4. The lowest BCUT2D eigenvalue weighted by atomic mass is 9.89. The first-order chi connectivity index (χ1) is 14.3. The second-order valence-electron chi connectivity index (χ2n) is 8.09. The maximum atomic E-state index is 12.7. The summed E-state index contributed by atoms with van der Waals surface area (Å²) < 4.78 is 2.03. The van der Waals surface area contributed by atoms with Gasteiger partial charge in [-0.05, 0) is 36.0 Å². The van der Waals surface area contributed by atoms with Gasteiger partial charge in [-0.25, -0.2) is 0 Å². The third-order valence-electron chi connectivity index (χ3n) is 6.14. The molecule has 0 bridgehead atoms. The highest BCUT2D eigenvalue weighted by Crippen LogP contribution is 2.32. The maximum Gasteiger partial charge on any atom is 0.293 e. The summed E-state index contributed by atoms with van der Waals surface area (Å²) in [7, 11) is 0. The van der Waals surface area contributed by atoms with Crippen LogP contribution in [0.2, 0.25) is 0 Å². The SMILES string of the molecule is O=C(Nc1ccccc1)c1nnc2n1C[C@H]1CN(CCc3ccccc3)C[C@@H]1C2. The molecule has 0 saturated carbocycles. The Bertz CT molecular complexity index is 985. The van der Waals surface area contributed by atoms with Gasteiger partial charge < -0.3 is 14.8 Å². The highest BCUT2D eigenvalue weighted by Gasteiger charge is 2.38. The summed E-state index contributed by atoms with van der Waals surface area (Å²) in [5, 5.41) is 11.5. The molecule has 6 heteroatoms. The largest absolute Gasteiger partial charge is 0.319 e. The summed E-state index contributed by atoms with van der Waals surface area (Å²) >= 11 is 0. The zero-order chi connectivity index (χ0) is 19.6. The molecule has 6 nitrogen and oxygen atoms in total. The first-order valence-electron chi connectivity index (χ1n) is 10.3. The number of hydrogen-bond donors (Lipinski definition) is 1. The average Bonchev–Trinajstić information content (AvgIpc) is 3.35. The molecule has 1 saturated heterocycles. The number of para-hydroxylation sites is 1. The molecule has 3 heterocycles. The van der Waals surface area contributed by atoms with Crippen LogP contribution in [0, 0.1) is 11.8 Å². The first-order valence-corrected chi connectivity index (χ1v) is 10.3. The molecular formula is C23H25N5O. The number of nitrogens with one attached hydrogen (secondary N) is 1. The van der Waals surface area contributed by atoms with E-state index in [4.69, 9.17) is 0 Å². The van der Waals surface area contributed by atoms with Crippen molar-refractivity contribution in [3.63, 3.8) is 0 Å². The van der Waals surface area contributed by atoms with Crippen LogP contribution in [-0.2, 0) is 19.4 Å². The predicted octanol–water partition coefficient (Wildman–Crippen LogP) is 2.88. The molecule has 1 N–H and O–H groups in total. The molecule has 1 fully saturated rings. The van der Waals surface area contributed by atoms with Crippen molar-refractivity contribution in [3.05, 3.63) is 77.9 Å². The molecule has 148 valence electrons. The Labute approximate surface area is 170 Å². The Morgan fingerprint density at radius 1 is 0.931 bits per heavy atom. The Balaban J connectivity index is 1.24. The molecule has 0 unspecified atom stereocenters. The molecule has 2 aromatic carbocycles. The molecule has 0 aliphatic carbocycles. The lowest BCUT2D eigenvalue weighted by Crippen LogP contribution is -2.31. The molecule has 1 aromatic heterocycles. The van der Waals surface area contributed by atoms with E-state index in [1.165, 1.54) is 5.56 Å². The van der Waals surface area contributed by atoms with Crippen LogP contribution in [0.3, 0.4) is 0 Å². The average molecular weight is 387 g/mol. The van der Waals surface area contributed by atoms with Gasteiger partial charge in [0.1, 0.15) is 5.82 Å². The fraction of sp³-hybridized carbons (Fsp3) is 0.348. The summed E-state index contributed by atoms with van der Waals surface area (Å²) in [4.78, 5) is 15.3. The van der Waals surface area contributed by atoms with Gasteiger partial charge in [0.2, 0.25) is 5.82 Å². The number of fused-ring (bicyclic) bond motifs is 2. The monoisotopic (exact) mass is 387 g/mol. The Morgan fingerprint density at radius 3 is 2.45 bits per heavy atom. The van der Waals surface area contributed by atoms with Crippen LogP contribution < -0.4 is 5.32 Å². The van der Waals surface area contributed by atoms with E-state index < -0.39 is 0 Å². The van der Waals surface area contributed by atoms with Gasteiger partial charge in [0.05, 0.1) is 0 Å². The number of nitrogens with zero attached hydrogens (tertiary/aromatic N) is 4. The van der Waals surface area contributed by atoms with Crippen LogP contribution in [-0.4, -0.2) is 45.2 Å². The van der Waals surface area contributed by atoms with Gasteiger partial charge in [0.15, 0.2) is 0 Å². The molecule has 2 aliphatic heterocycles. The fourth-order valence-electron chi connectivity index (χ4n) is 4.61. The Morgan fingerprint density at radius 2 is 1.66 bits per heavy atom.